The summed E-state index contributed by atoms with van der Waals surface area (Å²) in [7, 11) is 0. The zero-order chi connectivity index (χ0) is 19.0. The van der Waals surface area contributed by atoms with Crippen LogP contribution < -0.4 is 21.3 Å². The van der Waals surface area contributed by atoms with E-state index in [-0.39, 0.29) is 37.0 Å². The second kappa shape index (κ2) is 9.24. The van der Waals surface area contributed by atoms with Gasteiger partial charge < -0.3 is 21.3 Å². The topological polar surface area (TPSA) is 116 Å². The molecule has 0 aromatic carbocycles. The Morgan fingerprint density at radius 3 is 1.54 bits per heavy atom. The smallest absolute Gasteiger partial charge is 0.239 e. The van der Waals surface area contributed by atoms with E-state index in [9.17, 15) is 19.2 Å². The molecule has 0 heterocycles. The van der Waals surface area contributed by atoms with Crippen LogP contribution in [0.25, 0.3) is 0 Å². The molecular weight excluding hydrogens is 312 g/mol. The summed E-state index contributed by atoms with van der Waals surface area (Å²) in [5.41, 5.74) is -0.918. The molecule has 0 saturated carbocycles. The lowest BCUT2D eigenvalue weighted by Gasteiger charge is -2.21. The first-order chi connectivity index (χ1) is 10.9. The maximum atomic E-state index is 11.8. The largest absolute Gasteiger partial charge is 0.350 e. The Hall–Kier alpha value is -2.12. The first kappa shape index (κ1) is 21.9. The molecule has 8 nitrogen and oxygen atoms in total. The zero-order valence-corrected chi connectivity index (χ0v) is 15.5. The molecule has 4 N–H and O–H groups in total. The van der Waals surface area contributed by atoms with Crippen molar-refractivity contribution in [3.05, 3.63) is 0 Å². The molecule has 0 radical (unpaired) electrons. The van der Waals surface area contributed by atoms with Crippen LogP contribution in [0.5, 0.6) is 0 Å². The lowest BCUT2D eigenvalue weighted by atomic mass is 9.89. The number of nitrogens with one attached hydrogen (secondary N) is 4. The number of carbonyl (C=O) groups excluding carboxylic acids is 4. The molecule has 0 aliphatic rings. The molecule has 0 atom stereocenters. The lowest BCUT2D eigenvalue weighted by molar-refractivity contribution is -0.132. The molecule has 0 aliphatic heterocycles. The molecule has 4 amide bonds. The van der Waals surface area contributed by atoms with Crippen molar-refractivity contribution >= 4 is 23.6 Å². The molecule has 138 valence electrons. The Balaban J connectivity index is 4.01. The third kappa shape index (κ3) is 9.81. The highest BCUT2D eigenvalue weighted by Crippen LogP contribution is 2.18. The number of hydrogen-bond acceptors (Lipinski definition) is 4. The predicted molar refractivity (Wildman–Crippen MR) is 91.0 cm³/mol. The van der Waals surface area contributed by atoms with Crippen LogP contribution in [0, 0.1) is 5.41 Å². The van der Waals surface area contributed by atoms with Crippen molar-refractivity contribution in [2.75, 3.05) is 19.6 Å². The van der Waals surface area contributed by atoms with E-state index in [0.29, 0.717) is 6.42 Å². The summed E-state index contributed by atoms with van der Waals surface area (Å²) in [4.78, 5) is 46.5. The second-order valence-corrected chi connectivity index (χ2v) is 7.27. The third-order valence-electron chi connectivity index (χ3n) is 3.31. The van der Waals surface area contributed by atoms with E-state index < -0.39 is 17.2 Å². The Bertz CT molecular complexity index is 481. The van der Waals surface area contributed by atoms with Gasteiger partial charge in [-0.15, -0.1) is 0 Å². The number of amides is 4. The molecule has 0 aliphatic carbocycles. The predicted octanol–water partition coefficient (Wildman–Crippen LogP) is -0.314. The molecule has 0 aromatic heterocycles. The van der Waals surface area contributed by atoms with Gasteiger partial charge in [0, 0.05) is 11.0 Å². The van der Waals surface area contributed by atoms with E-state index in [1.54, 1.807) is 13.8 Å². The lowest BCUT2D eigenvalue weighted by Crippen LogP contribution is -2.48. The van der Waals surface area contributed by atoms with E-state index in [1.165, 1.54) is 0 Å². The van der Waals surface area contributed by atoms with Crippen molar-refractivity contribution in [3.63, 3.8) is 0 Å². The average molecular weight is 342 g/mol. The van der Waals surface area contributed by atoms with E-state index in [2.05, 4.69) is 21.3 Å². The summed E-state index contributed by atoms with van der Waals surface area (Å²) in [6.45, 7) is 10.4. The van der Waals surface area contributed by atoms with Crippen LogP contribution in [0.15, 0.2) is 0 Å². The van der Waals surface area contributed by atoms with Gasteiger partial charge >= 0.3 is 0 Å². The highest BCUT2D eigenvalue weighted by atomic mass is 16.2. The highest BCUT2D eigenvalue weighted by Gasteiger charge is 2.25. The maximum Gasteiger partial charge on any atom is 0.239 e. The van der Waals surface area contributed by atoms with Gasteiger partial charge in [-0.25, -0.2) is 0 Å². The summed E-state index contributed by atoms with van der Waals surface area (Å²) in [5, 5.41) is 10.0. The molecule has 0 saturated heterocycles. The van der Waals surface area contributed by atoms with E-state index >= 15 is 0 Å². The van der Waals surface area contributed by atoms with Gasteiger partial charge in [0.25, 0.3) is 0 Å². The summed E-state index contributed by atoms with van der Waals surface area (Å²) >= 11 is 0. The fourth-order valence-electron chi connectivity index (χ4n) is 1.51. The van der Waals surface area contributed by atoms with Crippen molar-refractivity contribution in [2.24, 2.45) is 5.41 Å². The van der Waals surface area contributed by atoms with Crippen molar-refractivity contribution in [1.29, 1.82) is 0 Å². The van der Waals surface area contributed by atoms with Gasteiger partial charge in [-0.1, -0.05) is 20.8 Å². The molecule has 0 fully saturated rings. The molecule has 0 spiro atoms. The SMILES string of the molecule is CCC(C)(C)C(=O)NCC(=O)NCC(=O)NCC(=O)NC(C)(C)C. The Labute approximate surface area is 143 Å². The van der Waals surface area contributed by atoms with Crippen LogP contribution in [0.3, 0.4) is 0 Å². The van der Waals surface area contributed by atoms with Gasteiger partial charge in [0.15, 0.2) is 0 Å². The van der Waals surface area contributed by atoms with Crippen molar-refractivity contribution < 1.29 is 19.2 Å². The van der Waals surface area contributed by atoms with Crippen molar-refractivity contribution in [2.45, 2.75) is 53.5 Å². The number of hydrogen-bond donors (Lipinski definition) is 4. The molecule has 24 heavy (non-hydrogen) atoms. The second-order valence-electron chi connectivity index (χ2n) is 7.27. The minimum Gasteiger partial charge on any atom is -0.350 e. The van der Waals surface area contributed by atoms with Gasteiger partial charge in [-0.05, 0) is 27.2 Å². The standard InChI is InChI=1S/C16H30N4O4/c1-7-16(5,6)14(24)19-9-12(22)17-8-11(21)18-10-13(23)20-15(2,3)4/h7-10H2,1-6H3,(H,17,22)(H,18,21)(H,19,24)(H,20,23). The van der Waals surface area contributed by atoms with E-state index in [1.807, 2.05) is 27.7 Å². The van der Waals surface area contributed by atoms with Crippen LogP contribution in [0.4, 0.5) is 0 Å². The molecule has 0 bridgehead atoms. The zero-order valence-electron chi connectivity index (χ0n) is 15.5. The number of rotatable bonds is 8. The molecule has 0 unspecified atom stereocenters. The third-order valence-corrected chi connectivity index (χ3v) is 3.31. The van der Waals surface area contributed by atoms with E-state index in [4.69, 9.17) is 0 Å². The van der Waals surface area contributed by atoms with Crippen LogP contribution in [0.1, 0.15) is 48.0 Å². The Morgan fingerprint density at radius 1 is 0.708 bits per heavy atom. The molecule has 8 heteroatoms. The van der Waals surface area contributed by atoms with Gasteiger partial charge in [0.2, 0.25) is 23.6 Å². The number of carbonyl (C=O) groups is 4. The van der Waals surface area contributed by atoms with Crippen molar-refractivity contribution in [3.8, 4) is 0 Å². The van der Waals surface area contributed by atoms with Gasteiger partial charge in [0.05, 0.1) is 19.6 Å². The Kier molecular flexibility index (Phi) is 8.43. The minimum absolute atomic E-state index is 0.159. The fourth-order valence-corrected chi connectivity index (χ4v) is 1.51. The first-order valence-electron chi connectivity index (χ1n) is 8.00. The highest BCUT2D eigenvalue weighted by molar-refractivity contribution is 5.90. The van der Waals surface area contributed by atoms with Gasteiger partial charge in [0.1, 0.15) is 0 Å². The summed E-state index contributed by atoms with van der Waals surface area (Å²) in [6, 6.07) is 0. The normalized spacial score (nSPS) is 11.4. The fraction of sp³-hybridized carbons (Fsp3) is 0.750. The quantitative estimate of drug-likeness (QED) is 0.484. The molecule has 0 aromatic rings. The maximum absolute atomic E-state index is 11.8. The Morgan fingerprint density at radius 2 is 1.12 bits per heavy atom. The summed E-state index contributed by atoms with van der Waals surface area (Å²) in [6.07, 6.45) is 0.652. The monoisotopic (exact) mass is 342 g/mol. The van der Waals surface area contributed by atoms with Gasteiger partial charge in [-0.2, -0.15) is 0 Å². The average Bonchev–Trinajstić information content (AvgIpc) is 2.46. The first-order valence-corrected chi connectivity index (χ1v) is 8.00. The van der Waals surface area contributed by atoms with Gasteiger partial charge in [-0.3, -0.25) is 19.2 Å². The molecular formula is C16H30N4O4. The van der Waals surface area contributed by atoms with Crippen molar-refractivity contribution in [1.82, 2.24) is 21.3 Å². The molecule has 0 rings (SSSR count). The summed E-state index contributed by atoms with van der Waals surface area (Å²) in [5.74, 6) is -1.48. The van der Waals surface area contributed by atoms with Crippen LogP contribution in [-0.4, -0.2) is 48.8 Å². The van der Waals surface area contributed by atoms with E-state index in [0.717, 1.165) is 0 Å². The van der Waals surface area contributed by atoms with Crippen LogP contribution in [-0.2, 0) is 19.2 Å². The minimum atomic E-state index is -0.544. The summed E-state index contributed by atoms with van der Waals surface area (Å²) < 4.78 is 0. The van der Waals surface area contributed by atoms with Crippen LogP contribution in [0.2, 0.25) is 0 Å². The van der Waals surface area contributed by atoms with Crippen LogP contribution >= 0.6 is 0 Å².